The molecule has 0 fully saturated rings. The molecule has 8 heteroatoms. The Morgan fingerprint density at radius 2 is 0.792 bits per heavy atom. The average molecular weight is 835 g/mol. The van der Waals surface area contributed by atoms with Crippen LogP contribution < -0.4 is 51.8 Å². The number of aromatic nitrogens is 1. The van der Waals surface area contributed by atoms with Gasteiger partial charge < -0.3 is 30.5 Å². The van der Waals surface area contributed by atoms with Crippen LogP contribution in [0, 0.1) is 12.8 Å². The number of benzene rings is 4. The molecule has 0 bridgehead atoms. The first-order chi connectivity index (χ1) is 21.8. The van der Waals surface area contributed by atoms with Crippen molar-refractivity contribution in [2.24, 2.45) is 5.73 Å². The Morgan fingerprint density at radius 3 is 1.02 bits per heavy atom. The van der Waals surface area contributed by atoms with Crippen LogP contribution in [0.4, 0.5) is 0 Å². The van der Waals surface area contributed by atoms with Gasteiger partial charge in [0.1, 0.15) is 0 Å². The Balaban J connectivity index is 0.000000368. The topological polar surface area (TPSA) is 38.9 Å². The molecule has 0 saturated carbocycles. The van der Waals surface area contributed by atoms with Gasteiger partial charge in [-0.3, -0.25) is 4.98 Å². The maximum absolute atomic E-state index is 5.29. The summed E-state index contributed by atoms with van der Waals surface area (Å²) in [5.74, 6) is 0. The summed E-state index contributed by atoms with van der Waals surface area (Å²) in [7, 11) is -0.818. The Hall–Kier alpha value is -2.47. The monoisotopic (exact) mass is 834 g/mol. The molecule has 2 aliphatic carbocycles. The molecule has 4 aromatic carbocycles. The summed E-state index contributed by atoms with van der Waals surface area (Å²) in [6, 6.07) is 48.8. The summed E-state index contributed by atoms with van der Waals surface area (Å²) < 4.78 is 0. The number of pyridine rings is 1. The maximum atomic E-state index is 5.29. The fraction of sp³-hybridized carbons (Fsp3) is 0.0250. The maximum Gasteiger partial charge on any atom is 2.00 e. The van der Waals surface area contributed by atoms with Crippen molar-refractivity contribution in [1.82, 2.24) is 4.98 Å². The molecule has 0 amide bonds. The molecule has 2 nitrogen and oxygen atoms in total. The molecule has 2 aliphatic rings. The van der Waals surface area contributed by atoms with E-state index in [1.807, 2.05) is 18.2 Å². The second-order valence-corrected chi connectivity index (χ2v) is 14.3. The minimum Gasteiger partial charge on any atom is -1.00 e. The van der Waals surface area contributed by atoms with Gasteiger partial charge in [0, 0.05) is 42.7 Å². The molecular weight excluding hydrogens is 798 g/mol. The number of hydrogen-bond donors (Lipinski definition) is 1. The number of nitrogens with two attached hydrogens (primary N) is 1. The van der Waals surface area contributed by atoms with Gasteiger partial charge in [0.2, 0.25) is 0 Å². The summed E-state index contributed by atoms with van der Waals surface area (Å²) in [5.41, 5.74) is 6.22. The van der Waals surface area contributed by atoms with Gasteiger partial charge in [0.05, 0.1) is 5.69 Å². The first kappa shape index (κ1) is 43.6. The Morgan fingerprint density at radius 1 is 0.458 bits per heavy atom. The van der Waals surface area contributed by atoms with Crippen LogP contribution in [0.5, 0.6) is 0 Å². The fourth-order valence-electron chi connectivity index (χ4n) is 4.75. The quantitative estimate of drug-likeness (QED) is 0.202. The van der Waals surface area contributed by atoms with Gasteiger partial charge in [-0.15, -0.1) is 0 Å². The van der Waals surface area contributed by atoms with E-state index in [-0.39, 0.29) is 61.4 Å². The molecule has 0 saturated heterocycles. The van der Waals surface area contributed by atoms with Gasteiger partial charge in [-0.2, -0.15) is 0 Å². The Labute approximate surface area is 324 Å². The smallest absolute Gasteiger partial charge is 1.00 e. The van der Waals surface area contributed by atoms with E-state index < -0.39 is 15.8 Å². The van der Waals surface area contributed by atoms with Gasteiger partial charge in [0.15, 0.2) is 0 Å². The molecule has 48 heavy (non-hydrogen) atoms. The minimum atomic E-state index is -0.409. The second kappa shape index (κ2) is 24.6. The predicted molar refractivity (Wildman–Crippen MR) is 193 cm³/mol. The van der Waals surface area contributed by atoms with Crippen molar-refractivity contribution in [3.8, 4) is 0 Å². The predicted octanol–water partition coefficient (Wildman–Crippen LogP) is 2.10. The van der Waals surface area contributed by atoms with Crippen molar-refractivity contribution in [3.05, 3.63) is 211 Å². The van der Waals surface area contributed by atoms with Gasteiger partial charge in [0.25, 0.3) is 0 Å². The first-order valence-corrected chi connectivity index (χ1v) is 17.4. The van der Waals surface area contributed by atoms with E-state index in [2.05, 4.69) is 176 Å². The normalized spacial score (nSPS) is 12.0. The molecule has 246 valence electrons. The van der Waals surface area contributed by atoms with E-state index in [1.54, 1.807) is 6.20 Å². The van der Waals surface area contributed by atoms with Crippen molar-refractivity contribution in [1.29, 1.82) is 0 Å². The third kappa shape index (κ3) is 13.1. The van der Waals surface area contributed by atoms with Crippen molar-refractivity contribution >= 4 is 37.1 Å². The van der Waals surface area contributed by atoms with E-state index in [0.717, 1.165) is 5.69 Å². The van der Waals surface area contributed by atoms with Crippen LogP contribution in [0.2, 0.25) is 0 Å². The van der Waals surface area contributed by atoms with Gasteiger partial charge >= 0.3 is 19.5 Å². The molecule has 1 heterocycles. The standard InChI is InChI=1S/2C17H14P.C6H8N2.2ClH.Fe.Ru/c2*1-3-9-15(10-4-1)18(17-13-7-8-14-17)16-11-5-2-6-12-16;7-5-6-3-1-2-4-8-6;;;;/h2*1-14H;1-4H,5,7H2;2*1H;;/q;;;;;;+2/p-2. The molecule has 0 atom stereocenters. The fourth-order valence-corrected chi connectivity index (χ4v) is 9.36. The van der Waals surface area contributed by atoms with E-state index in [9.17, 15) is 0 Å². The van der Waals surface area contributed by atoms with E-state index in [0.29, 0.717) is 6.54 Å². The molecule has 0 aliphatic heterocycles. The molecule has 2 radical (unpaired) electrons. The van der Waals surface area contributed by atoms with Crippen LogP contribution in [-0.4, -0.2) is 4.98 Å². The van der Waals surface area contributed by atoms with Crippen molar-refractivity contribution in [2.75, 3.05) is 0 Å². The van der Waals surface area contributed by atoms with Crippen LogP contribution in [0.1, 0.15) is 5.69 Å². The van der Waals surface area contributed by atoms with Crippen LogP contribution >= 0.6 is 15.8 Å². The number of nitrogens with zero attached hydrogens (tertiary/aromatic N) is 1. The summed E-state index contributed by atoms with van der Waals surface area (Å²) in [5, 5.41) is 8.47. The largest absolute Gasteiger partial charge is 2.00 e. The Bertz CT molecular complexity index is 1500. The van der Waals surface area contributed by atoms with E-state index >= 15 is 0 Å². The van der Waals surface area contributed by atoms with Gasteiger partial charge in [-0.25, -0.2) is 0 Å². The average Bonchev–Trinajstić information content (AvgIpc) is 3.84. The van der Waals surface area contributed by atoms with Crippen LogP contribution in [-0.2, 0) is 43.1 Å². The van der Waals surface area contributed by atoms with Crippen molar-refractivity contribution in [3.63, 3.8) is 0 Å². The molecule has 0 spiro atoms. The van der Waals surface area contributed by atoms with Gasteiger partial charge in [-0.05, 0) is 59.8 Å². The third-order valence-electron chi connectivity index (χ3n) is 6.80. The zero-order chi connectivity index (χ0) is 30.2. The molecule has 5 aromatic rings. The molecule has 2 N–H and O–H groups in total. The molecule has 1 aromatic heterocycles. The summed E-state index contributed by atoms with van der Waals surface area (Å²) in [6.45, 7) is 0.529. The van der Waals surface area contributed by atoms with E-state index in [1.165, 1.54) is 31.8 Å². The van der Waals surface area contributed by atoms with Crippen molar-refractivity contribution < 1.29 is 61.4 Å². The van der Waals surface area contributed by atoms with Crippen LogP contribution in [0.15, 0.2) is 193 Å². The van der Waals surface area contributed by atoms with Gasteiger partial charge in [-0.1, -0.05) is 164 Å². The molecule has 7 rings (SSSR count). The summed E-state index contributed by atoms with van der Waals surface area (Å²) in [4.78, 5) is 3.97. The summed E-state index contributed by atoms with van der Waals surface area (Å²) in [6.07, 6.45) is 19.1. The van der Waals surface area contributed by atoms with Crippen molar-refractivity contribution in [2.45, 2.75) is 6.54 Å². The number of rotatable bonds is 7. The zero-order valence-corrected chi connectivity index (χ0v) is 32.2. The summed E-state index contributed by atoms with van der Waals surface area (Å²) >= 11 is 0. The van der Waals surface area contributed by atoms with E-state index in [4.69, 9.17) is 5.73 Å². The van der Waals surface area contributed by atoms with Crippen LogP contribution in [0.25, 0.3) is 0 Å². The molecular formula is C40H36Cl2FeN2P2Ru. The first-order valence-electron chi connectivity index (χ1n) is 14.7. The number of allylic oxidation sites excluding steroid dienone is 8. The SMILES string of the molecule is NCc1ccccn1.[CH]1C=CC=C1P(c1ccccc1)c1ccccc1.[CH]1C=CC=C1P(c1ccccc1)c1ccccc1.[Cl-].[Cl-].[Fe].[Ru+2]. The number of hydrogen-bond acceptors (Lipinski definition) is 2. The second-order valence-electron chi connectivity index (χ2n) is 9.82. The number of halogens is 2. The third-order valence-corrected chi connectivity index (χ3v) is 11.7. The zero-order valence-electron chi connectivity index (χ0n) is 26.1. The van der Waals surface area contributed by atoms with Crippen LogP contribution in [0.3, 0.4) is 0 Å². The minimum absolute atomic E-state index is 0. The Kier molecular flexibility index (Phi) is 22.4. The molecule has 0 unspecified atom stereocenters.